The Morgan fingerprint density at radius 3 is 2.90 bits per heavy atom. The van der Waals surface area contributed by atoms with Gasteiger partial charge in [-0.3, -0.25) is 4.79 Å². The van der Waals surface area contributed by atoms with E-state index in [4.69, 9.17) is 10.8 Å². The molecule has 3 nitrogen and oxygen atoms in total. The molecule has 0 aliphatic carbocycles. The SMILES string of the molecule is N[C@H]1C=CSC[C@@H]1C(=O)O. The molecule has 0 spiro atoms. The predicted octanol–water partition coefficient (Wildman–Crippen LogP) is 0.275. The Morgan fingerprint density at radius 2 is 2.50 bits per heavy atom. The average Bonchev–Trinajstić information content (AvgIpc) is 1.88. The summed E-state index contributed by atoms with van der Waals surface area (Å²) in [4.78, 5) is 10.4. The molecule has 0 saturated heterocycles. The van der Waals surface area contributed by atoms with Crippen molar-refractivity contribution in [2.45, 2.75) is 6.04 Å². The lowest BCUT2D eigenvalue weighted by atomic mass is 10.0. The highest BCUT2D eigenvalue weighted by Gasteiger charge is 2.24. The molecule has 1 aliphatic heterocycles. The van der Waals surface area contributed by atoms with E-state index in [1.54, 1.807) is 6.08 Å². The quantitative estimate of drug-likeness (QED) is 0.576. The van der Waals surface area contributed by atoms with Crippen molar-refractivity contribution in [3.8, 4) is 0 Å². The lowest BCUT2D eigenvalue weighted by Gasteiger charge is -2.19. The monoisotopic (exact) mass is 159 g/mol. The molecule has 4 heteroatoms. The van der Waals surface area contributed by atoms with Crippen LogP contribution in [0.5, 0.6) is 0 Å². The largest absolute Gasteiger partial charge is 0.481 e. The molecule has 0 aromatic heterocycles. The molecule has 1 aliphatic rings. The smallest absolute Gasteiger partial charge is 0.309 e. The van der Waals surface area contributed by atoms with E-state index < -0.39 is 11.9 Å². The first-order valence-electron chi connectivity index (χ1n) is 2.98. The van der Waals surface area contributed by atoms with Crippen molar-refractivity contribution in [2.75, 3.05) is 5.75 Å². The van der Waals surface area contributed by atoms with Crippen molar-refractivity contribution in [1.82, 2.24) is 0 Å². The fraction of sp³-hybridized carbons (Fsp3) is 0.500. The molecule has 1 heterocycles. The van der Waals surface area contributed by atoms with Crippen LogP contribution in [0.2, 0.25) is 0 Å². The molecule has 0 aromatic rings. The molecular formula is C6H9NO2S. The predicted molar refractivity (Wildman–Crippen MR) is 40.7 cm³/mol. The molecule has 0 saturated carbocycles. The van der Waals surface area contributed by atoms with E-state index in [0.29, 0.717) is 5.75 Å². The topological polar surface area (TPSA) is 63.3 Å². The van der Waals surface area contributed by atoms with Crippen molar-refractivity contribution >= 4 is 17.7 Å². The van der Waals surface area contributed by atoms with E-state index >= 15 is 0 Å². The number of hydrogen-bond acceptors (Lipinski definition) is 3. The standard InChI is InChI=1S/C6H9NO2S/c7-5-1-2-10-3-4(5)6(8)9/h1-2,4-5H,3,7H2,(H,8,9)/t4-,5-/m0/s1. The third kappa shape index (κ3) is 1.52. The van der Waals surface area contributed by atoms with Gasteiger partial charge in [0, 0.05) is 11.8 Å². The van der Waals surface area contributed by atoms with E-state index in [9.17, 15) is 4.79 Å². The van der Waals surface area contributed by atoms with Crippen molar-refractivity contribution in [1.29, 1.82) is 0 Å². The maximum Gasteiger partial charge on any atom is 0.309 e. The average molecular weight is 159 g/mol. The Balaban J connectivity index is 2.60. The van der Waals surface area contributed by atoms with Crippen LogP contribution in [0.25, 0.3) is 0 Å². The van der Waals surface area contributed by atoms with Crippen molar-refractivity contribution in [3.63, 3.8) is 0 Å². The van der Waals surface area contributed by atoms with Gasteiger partial charge in [0.05, 0.1) is 5.92 Å². The van der Waals surface area contributed by atoms with Crippen LogP contribution in [0, 0.1) is 5.92 Å². The van der Waals surface area contributed by atoms with Crippen molar-refractivity contribution < 1.29 is 9.90 Å². The third-order valence-electron chi connectivity index (χ3n) is 1.45. The zero-order valence-electron chi connectivity index (χ0n) is 5.36. The van der Waals surface area contributed by atoms with E-state index in [-0.39, 0.29) is 6.04 Å². The summed E-state index contributed by atoms with van der Waals surface area (Å²) in [5.74, 6) is -0.619. The van der Waals surface area contributed by atoms with Crippen molar-refractivity contribution in [3.05, 3.63) is 11.5 Å². The van der Waals surface area contributed by atoms with Gasteiger partial charge >= 0.3 is 5.97 Å². The molecule has 56 valence electrons. The van der Waals surface area contributed by atoms with Gasteiger partial charge in [-0.25, -0.2) is 0 Å². The van der Waals surface area contributed by atoms with Gasteiger partial charge in [0.1, 0.15) is 0 Å². The van der Waals surface area contributed by atoms with Gasteiger partial charge < -0.3 is 10.8 Å². The summed E-state index contributed by atoms with van der Waals surface area (Å²) in [5, 5.41) is 10.4. The number of rotatable bonds is 1. The highest BCUT2D eigenvalue weighted by atomic mass is 32.2. The number of carboxylic acid groups (broad SMARTS) is 1. The van der Waals surface area contributed by atoms with Gasteiger partial charge in [-0.05, 0) is 5.41 Å². The summed E-state index contributed by atoms with van der Waals surface area (Å²) in [7, 11) is 0. The first-order chi connectivity index (χ1) is 4.72. The molecule has 2 atom stereocenters. The minimum absolute atomic E-state index is 0.307. The van der Waals surface area contributed by atoms with Gasteiger partial charge in [0.2, 0.25) is 0 Å². The summed E-state index contributed by atoms with van der Waals surface area (Å²) < 4.78 is 0. The van der Waals surface area contributed by atoms with Crippen LogP contribution in [-0.2, 0) is 4.79 Å². The Morgan fingerprint density at radius 1 is 1.80 bits per heavy atom. The minimum Gasteiger partial charge on any atom is -0.481 e. The fourth-order valence-corrected chi connectivity index (χ4v) is 1.76. The summed E-state index contributed by atoms with van der Waals surface area (Å²) in [6, 6.07) is -0.307. The van der Waals surface area contributed by atoms with E-state index in [2.05, 4.69) is 0 Å². The van der Waals surface area contributed by atoms with Gasteiger partial charge in [-0.2, -0.15) is 0 Å². The number of carboxylic acids is 1. The van der Waals surface area contributed by atoms with Gasteiger partial charge in [0.25, 0.3) is 0 Å². The van der Waals surface area contributed by atoms with E-state index in [1.807, 2.05) is 5.41 Å². The lowest BCUT2D eigenvalue weighted by molar-refractivity contribution is -0.141. The molecule has 0 fully saturated rings. The van der Waals surface area contributed by atoms with Crippen LogP contribution in [0.1, 0.15) is 0 Å². The molecule has 0 radical (unpaired) electrons. The maximum atomic E-state index is 10.4. The molecular weight excluding hydrogens is 150 g/mol. The van der Waals surface area contributed by atoms with E-state index in [1.165, 1.54) is 11.8 Å². The first kappa shape index (κ1) is 7.63. The molecule has 0 amide bonds. The zero-order valence-corrected chi connectivity index (χ0v) is 6.17. The summed E-state index contributed by atoms with van der Waals surface area (Å²) in [6.45, 7) is 0. The second kappa shape index (κ2) is 3.07. The number of nitrogens with two attached hydrogens (primary N) is 1. The molecule has 3 N–H and O–H groups in total. The van der Waals surface area contributed by atoms with Crippen LogP contribution in [0.3, 0.4) is 0 Å². The zero-order chi connectivity index (χ0) is 7.56. The molecule has 0 aromatic carbocycles. The van der Waals surface area contributed by atoms with Crippen LogP contribution < -0.4 is 5.73 Å². The van der Waals surface area contributed by atoms with Crippen LogP contribution in [-0.4, -0.2) is 22.9 Å². The first-order valence-corrected chi connectivity index (χ1v) is 4.03. The molecule has 0 unspecified atom stereocenters. The summed E-state index contributed by atoms with van der Waals surface area (Å²) in [6.07, 6.45) is 1.73. The molecule has 10 heavy (non-hydrogen) atoms. The number of carbonyl (C=O) groups is 1. The normalized spacial score (nSPS) is 32.1. The van der Waals surface area contributed by atoms with Crippen LogP contribution >= 0.6 is 11.8 Å². The Labute approximate surface area is 63.3 Å². The Kier molecular flexibility index (Phi) is 2.34. The second-order valence-corrected chi connectivity index (χ2v) is 3.12. The second-order valence-electron chi connectivity index (χ2n) is 2.18. The summed E-state index contributed by atoms with van der Waals surface area (Å²) >= 11 is 1.49. The third-order valence-corrected chi connectivity index (χ3v) is 2.36. The maximum absolute atomic E-state index is 10.4. The van der Waals surface area contributed by atoms with Gasteiger partial charge in [0.15, 0.2) is 0 Å². The summed E-state index contributed by atoms with van der Waals surface area (Å²) in [5.41, 5.74) is 5.50. The number of thioether (sulfide) groups is 1. The van der Waals surface area contributed by atoms with Crippen molar-refractivity contribution in [2.24, 2.45) is 11.7 Å². The van der Waals surface area contributed by atoms with E-state index in [0.717, 1.165) is 0 Å². The number of hydrogen-bond donors (Lipinski definition) is 2. The Bertz CT molecular complexity index is 169. The fourth-order valence-electron chi connectivity index (χ4n) is 0.787. The number of aliphatic carboxylic acids is 1. The van der Waals surface area contributed by atoms with Crippen LogP contribution in [0.4, 0.5) is 0 Å². The Hall–Kier alpha value is -0.480. The highest BCUT2D eigenvalue weighted by Crippen LogP contribution is 2.19. The highest BCUT2D eigenvalue weighted by molar-refractivity contribution is 8.02. The molecule has 1 rings (SSSR count). The lowest BCUT2D eigenvalue weighted by Crippen LogP contribution is -2.36. The van der Waals surface area contributed by atoms with Crippen LogP contribution in [0.15, 0.2) is 11.5 Å². The minimum atomic E-state index is -0.802. The van der Waals surface area contributed by atoms with Gasteiger partial charge in [-0.15, -0.1) is 11.8 Å². The van der Waals surface area contributed by atoms with Gasteiger partial charge in [-0.1, -0.05) is 6.08 Å². The molecule has 0 bridgehead atoms.